The van der Waals surface area contributed by atoms with Gasteiger partial charge in [-0.15, -0.1) is 0 Å². The maximum Gasteiger partial charge on any atom is 0.298 e. The Labute approximate surface area is 195 Å². The molecule has 0 saturated heterocycles. The summed E-state index contributed by atoms with van der Waals surface area (Å²) in [6.07, 6.45) is 14.2. The topological polar surface area (TPSA) is 43.1 Å². The van der Waals surface area contributed by atoms with E-state index in [9.17, 15) is 10.1 Å². The SMILES string of the molecule is CC(C)CCCC(C)C1CCC2C3CC(Cl)([N+](=O)[O-])C4CCCCC4(C)C3CCC12C. The molecule has 0 bridgehead atoms. The molecule has 9 atom stereocenters. The largest absolute Gasteiger partial charge is 0.298 e. The molecule has 0 radical (unpaired) electrons. The summed E-state index contributed by atoms with van der Waals surface area (Å²) in [6, 6.07) is 0. The van der Waals surface area contributed by atoms with Crippen LogP contribution in [0, 0.1) is 62.4 Å². The van der Waals surface area contributed by atoms with Crippen molar-refractivity contribution in [2.24, 2.45) is 52.3 Å². The summed E-state index contributed by atoms with van der Waals surface area (Å²) >= 11 is 7.03. The monoisotopic (exact) mass is 451 g/mol. The third kappa shape index (κ3) is 3.77. The summed E-state index contributed by atoms with van der Waals surface area (Å²) in [4.78, 5) is 11.0. The van der Waals surface area contributed by atoms with Crippen molar-refractivity contribution < 1.29 is 4.92 Å². The van der Waals surface area contributed by atoms with Crippen LogP contribution in [0.25, 0.3) is 0 Å². The first-order valence-corrected chi connectivity index (χ1v) is 13.7. The van der Waals surface area contributed by atoms with Crippen LogP contribution in [-0.2, 0) is 0 Å². The lowest BCUT2D eigenvalue weighted by Crippen LogP contribution is -2.62. The highest BCUT2D eigenvalue weighted by molar-refractivity contribution is 6.23. The zero-order chi connectivity index (χ0) is 22.6. The summed E-state index contributed by atoms with van der Waals surface area (Å²) < 4.78 is 0. The van der Waals surface area contributed by atoms with E-state index < -0.39 is 5.00 Å². The molecule has 4 rings (SSSR count). The molecule has 4 heteroatoms. The minimum absolute atomic E-state index is 0.0446. The highest BCUT2D eigenvalue weighted by Crippen LogP contribution is 2.70. The average molecular weight is 452 g/mol. The van der Waals surface area contributed by atoms with Crippen LogP contribution in [-0.4, -0.2) is 9.92 Å². The Hall–Kier alpha value is -0.310. The number of alkyl halides is 1. The van der Waals surface area contributed by atoms with E-state index in [-0.39, 0.29) is 16.3 Å². The Kier molecular flexibility index (Phi) is 6.52. The molecule has 0 aliphatic heterocycles. The molecule has 4 aliphatic rings. The van der Waals surface area contributed by atoms with Gasteiger partial charge < -0.3 is 0 Å². The van der Waals surface area contributed by atoms with Gasteiger partial charge in [-0.25, -0.2) is 0 Å². The quantitative estimate of drug-likeness (QED) is 0.176. The summed E-state index contributed by atoms with van der Waals surface area (Å²) in [5.41, 5.74) is 0.406. The van der Waals surface area contributed by atoms with Gasteiger partial charge in [0.1, 0.15) is 0 Å². The molecule has 0 spiro atoms. The lowest BCUT2D eigenvalue weighted by atomic mass is 9.43. The Bertz CT molecular complexity index is 682. The highest BCUT2D eigenvalue weighted by atomic mass is 35.5. The van der Waals surface area contributed by atoms with Crippen LogP contribution >= 0.6 is 11.6 Å². The number of hydrogen-bond acceptors (Lipinski definition) is 2. The second-order valence-corrected chi connectivity index (χ2v) is 13.6. The van der Waals surface area contributed by atoms with E-state index >= 15 is 0 Å². The van der Waals surface area contributed by atoms with Crippen LogP contribution in [0.5, 0.6) is 0 Å². The summed E-state index contributed by atoms with van der Waals surface area (Å²) in [5.74, 6) is 4.09. The molecule has 3 nitrogen and oxygen atoms in total. The second-order valence-electron chi connectivity index (χ2n) is 13.0. The zero-order valence-electron chi connectivity index (χ0n) is 20.7. The van der Waals surface area contributed by atoms with Crippen molar-refractivity contribution in [3.05, 3.63) is 10.1 Å². The van der Waals surface area contributed by atoms with Crippen LogP contribution in [0.15, 0.2) is 0 Å². The van der Waals surface area contributed by atoms with E-state index in [4.69, 9.17) is 11.6 Å². The standard InChI is InChI=1S/C27H46ClNO2/c1-18(2)9-8-10-19(3)21-12-13-22-20-17-27(28,29(30)31)24-11-6-7-15-26(24,5)23(20)14-16-25(21,22)4/h18-24H,6-17H2,1-5H3. The molecular formula is C27H46ClNO2. The van der Waals surface area contributed by atoms with Crippen molar-refractivity contribution in [1.82, 2.24) is 0 Å². The lowest BCUT2D eigenvalue weighted by Gasteiger charge is -2.62. The number of nitro groups is 1. The molecule has 178 valence electrons. The lowest BCUT2D eigenvalue weighted by molar-refractivity contribution is -0.567. The molecule has 0 aromatic carbocycles. The van der Waals surface area contributed by atoms with Crippen LogP contribution in [0.4, 0.5) is 0 Å². The van der Waals surface area contributed by atoms with Crippen molar-refractivity contribution in [3.63, 3.8) is 0 Å². The van der Waals surface area contributed by atoms with Crippen molar-refractivity contribution in [2.75, 3.05) is 0 Å². The van der Waals surface area contributed by atoms with E-state index in [1.807, 2.05) is 0 Å². The van der Waals surface area contributed by atoms with Crippen LogP contribution < -0.4 is 0 Å². The third-order valence-electron chi connectivity index (χ3n) is 11.1. The van der Waals surface area contributed by atoms with Gasteiger partial charge in [-0.1, -0.05) is 66.7 Å². The molecular weight excluding hydrogens is 406 g/mol. The first-order valence-electron chi connectivity index (χ1n) is 13.4. The van der Waals surface area contributed by atoms with Gasteiger partial charge in [-0.3, -0.25) is 10.1 Å². The van der Waals surface area contributed by atoms with Gasteiger partial charge in [0, 0.05) is 11.3 Å². The van der Waals surface area contributed by atoms with Crippen molar-refractivity contribution in [3.8, 4) is 0 Å². The molecule has 31 heavy (non-hydrogen) atoms. The van der Waals surface area contributed by atoms with Crippen molar-refractivity contribution >= 4 is 11.6 Å². The first-order chi connectivity index (χ1) is 14.5. The van der Waals surface area contributed by atoms with Crippen molar-refractivity contribution in [2.45, 2.75) is 117 Å². The van der Waals surface area contributed by atoms with Crippen molar-refractivity contribution in [1.29, 1.82) is 0 Å². The van der Waals surface area contributed by atoms with E-state index in [0.717, 1.165) is 37.0 Å². The highest BCUT2D eigenvalue weighted by Gasteiger charge is 2.69. The Morgan fingerprint density at radius 2 is 1.68 bits per heavy atom. The van der Waals surface area contributed by atoms with E-state index in [1.54, 1.807) is 0 Å². The summed E-state index contributed by atoms with van der Waals surface area (Å²) in [6.45, 7) is 12.1. The molecule has 4 fully saturated rings. The van der Waals surface area contributed by atoms with Gasteiger partial charge in [0.2, 0.25) is 0 Å². The predicted molar refractivity (Wildman–Crippen MR) is 129 cm³/mol. The fourth-order valence-electron chi connectivity index (χ4n) is 9.62. The summed E-state index contributed by atoms with van der Waals surface area (Å²) in [5, 5.41) is 12.3. The average Bonchev–Trinajstić information content (AvgIpc) is 3.05. The maximum atomic E-state index is 12.3. The molecule has 0 heterocycles. The first kappa shape index (κ1) is 23.8. The zero-order valence-corrected chi connectivity index (χ0v) is 21.4. The van der Waals surface area contributed by atoms with Gasteiger partial charge in [0.25, 0.3) is 5.00 Å². The van der Waals surface area contributed by atoms with Gasteiger partial charge in [0.05, 0.1) is 5.92 Å². The normalized spacial score (nSPS) is 48.0. The van der Waals surface area contributed by atoms with E-state index in [1.165, 1.54) is 51.4 Å². The van der Waals surface area contributed by atoms with Gasteiger partial charge in [0.15, 0.2) is 0 Å². The van der Waals surface area contributed by atoms with Crippen LogP contribution in [0.2, 0.25) is 0 Å². The Morgan fingerprint density at radius 3 is 2.35 bits per heavy atom. The molecule has 9 unspecified atom stereocenters. The Balaban J connectivity index is 1.58. The third-order valence-corrected chi connectivity index (χ3v) is 11.7. The Morgan fingerprint density at radius 1 is 0.968 bits per heavy atom. The summed E-state index contributed by atoms with van der Waals surface area (Å²) in [7, 11) is 0. The smallest absolute Gasteiger partial charge is 0.263 e. The minimum Gasteiger partial charge on any atom is -0.263 e. The van der Waals surface area contributed by atoms with Crippen LogP contribution in [0.3, 0.4) is 0 Å². The molecule has 0 N–H and O–H groups in total. The van der Waals surface area contributed by atoms with Crippen LogP contribution in [0.1, 0.15) is 112 Å². The second kappa shape index (κ2) is 8.48. The molecule has 0 aromatic rings. The maximum absolute atomic E-state index is 12.3. The van der Waals surface area contributed by atoms with E-state index in [0.29, 0.717) is 29.6 Å². The van der Waals surface area contributed by atoms with Gasteiger partial charge in [-0.2, -0.15) is 0 Å². The number of halogens is 1. The number of rotatable bonds is 6. The molecule has 0 aromatic heterocycles. The van der Waals surface area contributed by atoms with Gasteiger partial charge >= 0.3 is 0 Å². The molecule has 0 amide bonds. The fraction of sp³-hybridized carbons (Fsp3) is 1.00. The number of hydrogen-bond donors (Lipinski definition) is 0. The fourth-order valence-corrected chi connectivity index (χ4v) is 10.2. The molecule has 4 aliphatic carbocycles. The number of nitrogens with zero attached hydrogens (tertiary/aromatic N) is 1. The number of fused-ring (bicyclic) bond motifs is 5. The predicted octanol–water partition coefficient (Wildman–Crippen LogP) is 8.32. The van der Waals surface area contributed by atoms with Gasteiger partial charge in [-0.05, 0) is 96.5 Å². The minimum atomic E-state index is -1.24. The van der Waals surface area contributed by atoms with E-state index in [2.05, 4.69) is 34.6 Å². The molecule has 4 saturated carbocycles.